The van der Waals surface area contributed by atoms with Crippen LogP contribution >= 0.6 is 15.9 Å². The molecule has 1 aliphatic carbocycles. The van der Waals surface area contributed by atoms with Crippen LogP contribution in [-0.2, 0) is 0 Å². The van der Waals surface area contributed by atoms with Gasteiger partial charge in [-0.2, -0.15) is 0 Å². The first-order valence-electron chi connectivity index (χ1n) is 11.3. The van der Waals surface area contributed by atoms with Crippen molar-refractivity contribution in [3.05, 3.63) is 100 Å². The molecule has 0 aromatic heterocycles. The van der Waals surface area contributed by atoms with Crippen LogP contribution in [0.25, 0.3) is 0 Å². The zero-order valence-electron chi connectivity index (χ0n) is 18.2. The number of aliphatic imine (C=N–C) groups is 1. The number of para-hydroxylation sites is 1. The number of nitrogens with one attached hydrogen (secondary N) is 1. The molecule has 3 atom stereocenters. The van der Waals surface area contributed by atoms with Gasteiger partial charge in [-0.3, -0.25) is 4.99 Å². The van der Waals surface area contributed by atoms with Crippen LogP contribution in [0.3, 0.4) is 0 Å². The number of hydrogen-bond acceptors (Lipinski definition) is 3. The van der Waals surface area contributed by atoms with Crippen LogP contribution in [-0.4, -0.2) is 12.8 Å². The molecular formula is C28H27BrN2O. The van der Waals surface area contributed by atoms with Gasteiger partial charge in [0.1, 0.15) is 5.75 Å². The molecule has 3 nitrogen and oxygen atoms in total. The Bertz CT molecular complexity index is 1150. The average Bonchev–Trinajstić information content (AvgIpc) is 3.32. The van der Waals surface area contributed by atoms with Gasteiger partial charge in [0.25, 0.3) is 0 Å². The van der Waals surface area contributed by atoms with Crippen LogP contribution in [0.1, 0.15) is 48.4 Å². The predicted octanol–water partition coefficient (Wildman–Crippen LogP) is 7.82. The highest BCUT2D eigenvalue weighted by Crippen LogP contribution is 2.49. The monoisotopic (exact) mass is 486 g/mol. The number of anilines is 1. The quantitative estimate of drug-likeness (QED) is 0.284. The third kappa shape index (κ3) is 4.24. The minimum Gasteiger partial charge on any atom is -0.493 e. The number of benzene rings is 3. The summed E-state index contributed by atoms with van der Waals surface area (Å²) in [4.78, 5) is 4.72. The number of nitrogens with zero attached hydrogens (tertiary/aromatic N) is 1. The molecule has 32 heavy (non-hydrogen) atoms. The Morgan fingerprint density at radius 2 is 1.94 bits per heavy atom. The molecule has 5 rings (SSSR count). The van der Waals surface area contributed by atoms with Crippen molar-refractivity contribution in [1.82, 2.24) is 0 Å². The van der Waals surface area contributed by atoms with Crippen LogP contribution in [0.4, 0.5) is 11.4 Å². The summed E-state index contributed by atoms with van der Waals surface area (Å²) in [7, 11) is 0. The Morgan fingerprint density at radius 3 is 2.78 bits per heavy atom. The lowest BCUT2D eigenvalue weighted by atomic mass is 9.77. The molecule has 0 amide bonds. The van der Waals surface area contributed by atoms with Gasteiger partial charge in [0.15, 0.2) is 0 Å². The van der Waals surface area contributed by atoms with Gasteiger partial charge >= 0.3 is 0 Å². The maximum absolute atomic E-state index is 5.87. The summed E-state index contributed by atoms with van der Waals surface area (Å²) < 4.78 is 6.89. The lowest BCUT2D eigenvalue weighted by Gasteiger charge is -2.37. The maximum atomic E-state index is 5.87. The molecule has 1 aliphatic heterocycles. The van der Waals surface area contributed by atoms with E-state index in [-0.39, 0.29) is 0 Å². The number of halogens is 1. The summed E-state index contributed by atoms with van der Waals surface area (Å²) in [5, 5.41) is 3.80. The van der Waals surface area contributed by atoms with E-state index in [0.29, 0.717) is 24.5 Å². The summed E-state index contributed by atoms with van der Waals surface area (Å²) in [5.41, 5.74) is 5.89. The van der Waals surface area contributed by atoms with Gasteiger partial charge in [-0.05, 0) is 66.3 Å². The highest BCUT2D eigenvalue weighted by atomic mass is 79.9. The first-order valence-corrected chi connectivity index (χ1v) is 12.1. The van der Waals surface area contributed by atoms with E-state index in [4.69, 9.17) is 9.73 Å². The highest BCUT2D eigenvalue weighted by molar-refractivity contribution is 9.10. The summed E-state index contributed by atoms with van der Waals surface area (Å²) in [5.74, 6) is 1.91. The lowest BCUT2D eigenvalue weighted by Crippen LogP contribution is -2.28. The van der Waals surface area contributed by atoms with Crippen molar-refractivity contribution in [2.75, 3.05) is 11.9 Å². The van der Waals surface area contributed by atoms with Crippen molar-refractivity contribution in [3.63, 3.8) is 0 Å². The molecular weight excluding hydrogens is 460 g/mol. The Labute approximate surface area is 198 Å². The Balaban J connectivity index is 1.36. The summed E-state index contributed by atoms with van der Waals surface area (Å²) >= 11 is 3.55. The number of ether oxygens (including phenoxy) is 1. The van der Waals surface area contributed by atoms with Crippen molar-refractivity contribution < 1.29 is 4.74 Å². The SMILES string of the molecule is CCCOc1ccc(Br)cc1C=Nc1ccc([C@@H]2Nc3ccccc3[C@H]3C=CC[C@@H]32)cc1. The molecule has 2 aliphatic rings. The molecule has 0 bridgehead atoms. The van der Waals surface area contributed by atoms with Crippen molar-refractivity contribution in [1.29, 1.82) is 0 Å². The van der Waals surface area contributed by atoms with Crippen LogP contribution in [0, 0.1) is 5.92 Å². The second-order valence-electron chi connectivity index (χ2n) is 8.44. The van der Waals surface area contributed by atoms with Crippen molar-refractivity contribution in [3.8, 4) is 5.75 Å². The van der Waals surface area contributed by atoms with Crippen molar-refractivity contribution in [2.45, 2.75) is 31.7 Å². The summed E-state index contributed by atoms with van der Waals surface area (Å²) in [6.07, 6.45) is 8.69. The molecule has 0 saturated heterocycles. The van der Waals surface area contributed by atoms with E-state index in [1.54, 1.807) is 0 Å². The topological polar surface area (TPSA) is 33.6 Å². The number of hydrogen-bond donors (Lipinski definition) is 1. The second kappa shape index (κ2) is 9.33. The van der Waals surface area contributed by atoms with Gasteiger partial charge in [-0.1, -0.05) is 65.3 Å². The number of allylic oxidation sites excluding steroid dienone is 2. The fraction of sp³-hybridized carbons (Fsp3) is 0.250. The first-order chi connectivity index (χ1) is 15.7. The van der Waals surface area contributed by atoms with Gasteiger partial charge in [-0.25, -0.2) is 0 Å². The molecule has 162 valence electrons. The molecule has 1 heterocycles. The van der Waals surface area contributed by atoms with Gasteiger partial charge in [0.05, 0.1) is 18.3 Å². The van der Waals surface area contributed by atoms with Crippen LogP contribution < -0.4 is 10.1 Å². The fourth-order valence-corrected chi connectivity index (χ4v) is 5.13. The van der Waals surface area contributed by atoms with E-state index in [1.807, 2.05) is 24.4 Å². The van der Waals surface area contributed by atoms with Gasteiger partial charge < -0.3 is 10.1 Å². The molecule has 0 fully saturated rings. The molecule has 0 radical (unpaired) electrons. The van der Waals surface area contributed by atoms with Crippen LogP contribution in [0.2, 0.25) is 0 Å². The minimum absolute atomic E-state index is 0.307. The summed E-state index contributed by atoms with van der Waals surface area (Å²) in [6, 6.07) is 23.7. The smallest absolute Gasteiger partial charge is 0.128 e. The molecule has 0 saturated carbocycles. The normalized spacial score (nSPS) is 21.2. The second-order valence-corrected chi connectivity index (χ2v) is 9.36. The zero-order valence-corrected chi connectivity index (χ0v) is 19.8. The third-order valence-corrected chi connectivity index (χ3v) is 6.80. The van der Waals surface area contributed by atoms with E-state index >= 15 is 0 Å². The van der Waals surface area contributed by atoms with Crippen LogP contribution in [0.5, 0.6) is 5.75 Å². The Hall–Kier alpha value is -2.85. The van der Waals surface area contributed by atoms with E-state index in [0.717, 1.165) is 34.3 Å². The minimum atomic E-state index is 0.307. The largest absolute Gasteiger partial charge is 0.493 e. The van der Waals surface area contributed by atoms with E-state index in [9.17, 15) is 0 Å². The molecule has 3 aromatic rings. The maximum Gasteiger partial charge on any atom is 0.128 e. The highest BCUT2D eigenvalue weighted by Gasteiger charge is 2.37. The number of rotatable bonds is 6. The van der Waals surface area contributed by atoms with Crippen molar-refractivity contribution >= 4 is 33.5 Å². The van der Waals surface area contributed by atoms with Gasteiger partial charge in [0, 0.05) is 27.9 Å². The lowest BCUT2D eigenvalue weighted by molar-refractivity contribution is 0.317. The predicted molar refractivity (Wildman–Crippen MR) is 136 cm³/mol. The molecule has 1 N–H and O–H groups in total. The average molecular weight is 487 g/mol. The summed E-state index contributed by atoms with van der Waals surface area (Å²) in [6.45, 7) is 2.81. The number of fused-ring (bicyclic) bond motifs is 3. The van der Waals surface area contributed by atoms with Gasteiger partial charge in [-0.15, -0.1) is 0 Å². The standard InChI is InChI=1S/C28H27BrN2O/c1-2-16-32-27-15-12-21(29)17-20(27)18-30-22-13-10-19(11-14-22)28-25-8-5-7-23(25)24-6-3-4-9-26(24)31-28/h3-7,9-15,17-18,23,25,28,31H,2,8,16H2,1H3/t23-,25+,28+/m1/s1. The van der Waals surface area contributed by atoms with Crippen molar-refractivity contribution in [2.24, 2.45) is 10.9 Å². The molecule has 0 spiro atoms. The molecule has 4 heteroatoms. The first kappa shape index (κ1) is 21.0. The van der Waals surface area contributed by atoms with Gasteiger partial charge in [0.2, 0.25) is 0 Å². The zero-order chi connectivity index (χ0) is 21.9. The molecule has 3 aromatic carbocycles. The van der Waals surface area contributed by atoms with E-state index in [1.165, 1.54) is 16.8 Å². The fourth-order valence-electron chi connectivity index (χ4n) is 4.75. The Morgan fingerprint density at radius 1 is 1.09 bits per heavy atom. The third-order valence-electron chi connectivity index (χ3n) is 6.31. The molecule has 0 unspecified atom stereocenters. The van der Waals surface area contributed by atoms with E-state index in [2.05, 4.69) is 88.9 Å². The Kier molecular flexibility index (Phi) is 6.13. The van der Waals surface area contributed by atoms with Crippen LogP contribution in [0.15, 0.2) is 88.3 Å². The van der Waals surface area contributed by atoms with E-state index < -0.39 is 0 Å².